The van der Waals surface area contributed by atoms with Crippen LogP contribution in [0.25, 0.3) is 20.5 Å². The maximum atomic E-state index is 12.2. The molecule has 1 saturated heterocycles. The van der Waals surface area contributed by atoms with Gasteiger partial charge in [-0.25, -0.2) is 0 Å². The molecule has 1 aromatic heterocycles. The van der Waals surface area contributed by atoms with Gasteiger partial charge in [-0.15, -0.1) is 11.3 Å². The van der Waals surface area contributed by atoms with Crippen molar-refractivity contribution >= 4 is 31.5 Å². The molecule has 1 fully saturated rings. The predicted molar refractivity (Wildman–Crippen MR) is 163 cm³/mol. The van der Waals surface area contributed by atoms with Crippen molar-refractivity contribution in [1.82, 2.24) is 4.90 Å². The van der Waals surface area contributed by atoms with E-state index in [-0.39, 0.29) is 11.5 Å². The third kappa shape index (κ3) is 7.36. The van der Waals surface area contributed by atoms with Gasteiger partial charge in [-0.05, 0) is 115 Å². The highest BCUT2D eigenvalue weighted by Gasteiger charge is 2.17. The van der Waals surface area contributed by atoms with E-state index < -0.39 is 10.1 Å². The van der Waals surface area contributed by atoms with Crippen molar-refractivity contribution in [3.63, 3.8) is 0 Å². The van der Waals surface area contributed by atoms with Crippen molar-refractivity contribution in [3.05, 3.63) is 77.9 Å². The number of benzene rings is 3. The van der Waals surface area contributed by atoms with E-state index in [1.54, 1.807) is 35.6 Å². The first-order chi connectivity index (χ1) is 19.4. The zero-order valence-corrected chi connectivity index (χ0v) is 24.6. The van der Waals surface area contributed by atoms with E-state index in [2.05, 4.69) is 17.0 Å². The number of likely N-dealkylation sites (tertiary alicyclic amines) is 1. The standard InChI is InChI=1S/C32H37NO5S2/c1-2-3-21-40(35,36)38-28-14-9-25(10-15-28)32-30(29-16-11-26(34)23-31(29)39-32)22-24-7-12-27(13-8-24)37-20-19-33-17-5-4-6-18-33/h7-16,23,34H,2-6,17-22H2,1H3. The first-order valence-corrected chi connectivity index (χ1v) is 16.5. The second kappa shape index (κ2) is 13.1. The Morgan fingerprint density at radius 1 is 0.925 bits per heavy atom. The molecular formula is C32H37NO5S2. The molecule has 40 heavy (non-hydrogen) atoms. The lowest BCUT2D eigenvalue weighted by molar-refractivity contribution is 0.183. The normalized spacial score (nSPS) is 14.4. The average molecular weight is 580 g/mol. The summed E-state index contributed by atoms with van der Waals surface area (Å²) in [5.41, 5.74) is 3.31. The molecule has 3 aromatic carbocycles. The lowest BCUT2D eigenvalue weighted by Crippen LogP contribution is -2.33. The molecule has 0 atom stereocenters. The van der Waals surface area contributed by atoms with Gasteiger partial charge in [0.15, 0.2) is 0 Å². The number of phenols is 1. The summed E-state index contributed by atoms with van der Waals surface area (Å²) in [6.07, 6.45) is 5.99. The predicted octanol–water partition coefficient (Wildman–Crippen LogP) is 7.24. The van der Waals surface area contributed by atoms with Crippen LogP contribution in [0.2, 0.25) is 0 Å². The molecule has 2 heterocycles. The summed E-state index contributed by atoms with van der Waals surface area (Å²) in [6, 6.07) is 21.0. The molecule has 1 N–H and O–H groups in total. The minimum Gasteiger partial charge on any atom is -0.508 e. The van der Waals surface area contributed by atoms with Crippen molar-refractivity contribution in [2.75, 3.05) is 32.0 Å². The highest BCUT2D eigenvalue weighted by molar-refractivity contribution is 7.87. The molecule has 1 aliphatic rings. The van der Waals surface area contributed by atoms with E-state index >= 15 is 0 Å². The second-order valence-electron chi connectivity index (χ2n) is 10.4. The minimum absolute atomic E-state index is 0.0114. The Morgan fingerprint density at radius 3 is 2.38 bits per heavy atom. The van der Waals surface area contributed by atoms with Gasteiger partial charge in [0, 0.05) is 16.1 Å². The van der Waals surface area contributed by atoms with Crippen LogP contribution in [0.5, 0.6) is 17.2 Å². The maximum Gasteiger partial charge on any atom is 0.309 e. The highest BCUT2D eigenvalue weighted by Crippen LogP contribution is 2.41. The molecule has 212 valence electrons. The lowest BCUT2D eigenvalue weighted by atomic mass is 9.99. The Kier molecular flexibility index (Phi) is 9.29. The van der Waals surface area contributed by atoms with Gasteiger partial charge < -0.3 is 14.0 Å². The quantitative estimate of drug-likeness (QED) is 0.178. The van der Waals surface area contributed by atoms with E-state index in [1.165, 1.54) is 43.5 Å². The largest absolute Gasteiger partial charge is 0.508 e. The molecule has 4 aromatic rings. The summed E-state index contributed by atoms with van der Waals surface area (Å²) in [6.45, 7) is 5.96. The highest BCUT2D eigenvalue weighted by atomic mass is 32.2. The Morgan fingerprint density at radius 2 is 1.65 bits per heavy atom. The van der Waals surface area contributed by atoms with Crippen LogP contribution in [-0.2, 0) is 16.5 Å². The third-order valence-electron chi connectivity index (χ3n) is 7.29. The van der Waals surface area contributed by atoms with Crippen molar-refractivity contribution in [2.45, 2.75) is 45.4 Å². The van der Waals surface area contributed by atoms with Gasteiger partial charge in [0.1, 0.15) is 23.9 Å². The van der Waals surface area contributed by atoms with Crippen LogP contribution in [0.1, 0.15) is 50.2 Å². The lowest BCUT2D eigenvalue weighted by Gasteiger charge is -2.26. The first-order valence-electron chi connectivity index (χ1n) is 14.1. The van der Waals surface area contributed by atoms with Gasteiger partial charge in [0.05, 0.1) is 5.75 Å². The number of ether oxygens (including phenoxy) is 1. The zero-order valence-electron chi connectivity index (χ0n) is 23.0. The molecule has 0 spiro atoms. The van der Waals surface area contributed by atoms with Gasteiger partial charge >= 0.3 is 10.1 Å². The monoisotopic (exact) mass is 579 g/mol. The number of aromatic hydroxyl groups is 1. The number of thiophene rings is 1. The SMILES string of the molecule is CCCCS(=O)(=O)Oc1ccc(-c2sc3cc(O)ccc3c2Cc2ccc(OCCN3CCCCC3)cc2)cc1. The van der Waals surface area contributed by atoms with Crippen LogP contribution in [0, 0.1) is 0 Å². The second-order valence-corrected chi connectivity index (χ2v) is 13.1. The summed E-state index contributed by atoms with van der Waals surface area (Å²) in [4.78, 5) is 3.56. The van der Waals surface area contributed by atoms with Gasteiger partial charge in [0.2, 0.25) is 0 Å². The molecule has 0 unspecified atom stereocenters. The minimum atomic E-state index is -3.60. The fourth-order valence-corrected chi connectivity index (χ4v) is 7.49. The summed E-state index contributed by atoms with van der Waals surface area (Å²) < 4.78 is 36.8. The van der Waals surface area contributed by atoms with Crippen LogP contribution >= 0.6 is 11.3 Å². The molecule has 5 rings (SSSR count). The van der Waals surface area contributed by atoms with Crippen LogP contribution in [0.3, 0.4) is 0 Å². The van der Waals surface area contributed by atoms with Gasteiger partial charge in [-0.2, -0.15) is 8.42 Å². The van der Waals surface area contributed by atoms with Gasteiger partial charge in [-0.1, -0.05) is 31.9 Å². The Labute approximate surface area is 241 Å². The number of unbranched alkanes of at least 4 members (excludes halogenated alkanes) is 1. The van der Waals surface area contributed by atoms with Crippen molar-refractivity contribution in [2.24, 2.45) is 0 Å². The van der Waals surface area contributed by atoms with Gasteiger partial charge in [0.25, 0.3) is 0 Å². The molecule has 8 heteroatoms. The zero-order chi connectivity index (χ0) is 28.0. The Balaban J connectivity index is 1.32. The van der Waals surface area contributed by atoms with E-state index in [9.17, 15) is 13.5 Å². The van der Waals surface area contributed by atoms with E-state index in [1.807, 2.05) is 37.3 Å². The van der Waals surface area contributed by atoms with Gasteiger partial charge in [-0.3, -0.25) is 4.90 Å². The summed E-state index contributed by atoms with van der Waals surface area (Å²) in [5.74, 6) is 1.44. The number of piperidine rings is 1. The topological polar surface area (TPSA) is 76.1 Å². The number of phenolic OH excluding ortho intramolecular Hbond substituents is 1. The maximum absolute atomic E-state index is 12.2. The van der Waals surface area contributed by atoms with Crippen LogP contribution in [-0.4, -0.2) is 50.4 Å². The smallest absolute Gasteiger partial charge is 0.309 e. The molecule has 0 radical (unpaired) electrons. The van der Waals surface area contributed by atoms with E-state index in [0.29, 0.717) is 18.8 Å². The third-order valence-corrected chi connectivity index (χ3v) is 9.77. The van der Waals surface area contributed by atoms with Crippen LogP contribution in [0.4, 0.5) is 0 Å². The van der Waals surface area contributed by atoms with Crippen molar-refractivity contribution in [3.8, 4) is 27.7 Å². The number of rotatable bonds is 12. The molecule has 0 amide bonds. The van der Waals surface area contributed by atoms with Crippen molar-refractivity contribution < 1.29 is 22.4 Å². The molecule has 0 saturated carbocycles. The summed E-state index contributed by atoms with van der Waals surface area (Å²) in [7, 11) is -3.60. The number of nitrogens with zero attached hydrogens (tertiary/aromatic N) is 1. The van der Waals surface area contributed by atoms with E-state index in [4.69, 9.17) is 8.92 Å². The van der Waals surface area contributed by atoms with Crippen LogP contribution in [0.15, 0.2) is 66.7 Å². The number of fused-ring (bicyclic) bond motifs is 1. The summed E-state index contributed by atoms with van der Waals surface area (Å²) >= 11 is 1.62. The number of hydrogen-bond donors (Lipinski definition) is 1. The first kappa shape index (κ1) is 28.5. The number of hydrogen-bond acceptors (Lipinski definition) is 7. The Hall–Kier alpha value is -3.07. The molecule has 6 nitrogen and oxygen atoms in total. The molecule has 0 aliphatic carbocycles. The molecular weight excluding hydrogens is 542 g/mol. The fourth-order valence-electron chi connectivity index (χ4n) is 5.10. The fraction of sp³-hybridized carbons (Fsp3) is 0.375. The van der Waals surface area contributed by atoms with E-state index in [0.717, 1.165) is 45.7 Å². The molecule has 0 bridgehead atoms. The average Bonchev–Trinajstić information content (AvgIpc) is 3.30. The Bertz CT molecular complexity index is 1510. The van der Waals surface area contributed by atoms with Crippen molar-refractivity contribution in [1.29, 1.82) is 0 Å². The van der Waals surface area contributed by atoms with Crippen LogP contribution < -0.4 is 8.92 Å². The summed E-state index contributed by atoms with van der Waals surface area (Å²) in [5, 5.41) is 11.2. The molecule has 1 aliphatic heterocycles.